The Morgan fingerprint density at radius 2 is 1.94 bits per heavy atom. The highest BCUT2D eigenvalue weighted by molar-refractivity contribution is 8.00. The minimum Gasteiger partial charge on any atom is -0.495 e. The number of esters is 1. The predicted octanol–water partition coefficient (Wildman–Crippen LogP) is 3.86. The summed E-state index contributed by atoms with van der Waals surface area (Å²) in [6, 6.07) is 12.5. The van der Waals surface area contributed by atoms with E-state index in [1.54, 1.807) is 25.3 Å². The zero-order valence-electron chi connectivity index (χ0n) is 19.0. The van der Waals surface area contributed by atoms with Gasteiger partial charge in [-0.3, -0.25) is 9.36 Å². The highest BCUT2D eigenvalue weighted by Gasteiger charge is 2.34. The summed E-state index contributed by atoms with van der Waals surface area (Å²) in [5.41, 5.74) is 2.00. The second kappa shape index (κ2) is 9.36. The fourth-order valence-corrected chi connectivity index (χ4v) is 6.69. The van der Waals surface area contributed by atoms with Gasteiger partial charge < -0.3 is 9.47 Å². The van der Waals surface area contributed by atoms with Crippen LogP contribution in [-0.4, -0.2) is 59.8 Å². The summed E-state index contributed by atoms with van der Waals surface area (Å²) in [4.78, 5) is 17.3. The summed E-state index contributed by atoms with van der Waals surface area (Å²) in [6.45, 7) is 6.26. The monoisotopic (exact) mass is 489 g/mol. The van der Waals surface area contributed by atoms with Gasteiger partial charge in [0.05, 0.1) is 28.7 Å². The normalized spacial score (nSPS) is 18.8. The van der Waals surface area contributed by atoms with Gasteiger partial charge in [0, 0.05) is 19.5 Å². The maximum Gasteiger partial charge on any atom is 0.319 e. The summed E-state index contributed by atoms with van der Waals surface area (Å²) in [5.74, 6) is 0.372. The van der Waals surface area contributed by atoms with Crippen LogP contribution in [0, 0.1) is 0 Å². The maximum atomic E-state index is 13.1. The number of cyclic esters (lactones) is 1. The van der Waals surface area contributed by atoms with Crippen LogP contribution in [0.15, 0.2) is 52.5 Å². The molecule has 176 valence electrons. The van der Waals surface area contributed by atoms with E-state index in [4.69, 9.17) is 14.5 Å². The molecule has 0 spiro atoms. The average molecular weight is 490 g/mol. The quantitative estimate of drug-likeness (QED) is 0.444. The number of fused-ring (bicyclic) bond motifs is 1. The van der Waals surface area contributed by atoms with Crippen molar-refractivity contribution in [1.82, 2.24) is 13.9 Å². The van der Waals surface area contributed by atoms with Crippen molar-refractivity contribution in [1.29, 1.82) is 0 Å². The fourth-order valence-electron chi connectivity index (χ4n) is 3.98. The fraction of sp³-hybridized carbons (Fsp3) is 0.391. The number of carbonyl (C=O) groups excluding carboxylic acids is 1. The van der Waals surface area contributed by atoms with Crippen molar-refractivity contribution >= 4 is 38.8 Å². The number of aromatic nitrogens is 2. The molecule has 1 aliphatic rings. The summed E-state index contributed by atoms with van der Waals surface area (Å²) in [6.07, 6.45) is 0.435. The van der Waals surface area contributed by atoms with Gasteiger partial charge in [0.15, 0.2) is 5.16 Å². The van der Waals surface area contributed by atoms with Crippen molar-refractivity contribution in [3.8, 4) is 11.4 Å². The molecule has 8 nitrogen and oxygen atoms in total. The molecule has 33 heavy (non-hydrogen) atoms. The summed E-state index contributed by atoms with van der Waals surface area (Å²) in [5, 5.41) is 0.187. The molecular weight excluding hydrogens is 462 g/mol. The Morgan fingerprint density at radius 3 is 2.58 bits per heavy atom. The molecule has 1 aliphatic heterocycles. The number of sulfonamides is 1. The number of nitrogens with zero attached hydrogens (tertiary/aromatic N) is 3. The van der Waals surface area contributed by atoms with Crippen molar-refractivity contribution in [3.63, 3.8) is 0 Å². The Bertz CT molecular complexity index is 1280. The van der Waals surface area contributed by atoms with Crippen molar-refractivity contribution in [2.24, 2.45) is 0 Å². The van der Waals surface area contributed by atoms with Crippen LogP contribution in [0.25, 0.3) is 16.7 Å². The zero-order chi connectivity index (χ0) is 23.8. The number of imidazole rings is 1. The van der Waals surface area contributed by atoms with Crippen LogP contribution in [0.3, 0.4) is 0 Å². The van der Waals surface area contributed by atoms with Crippen LogP contribution in [0.4, 0.5) is 0 Å². The first kappa shape index (κ1) is 23.6. The lowest BCUT2D eigenvalue weighted by Crippen LogP contribution is -2.30. The van der Waals surface area contributed by atoms with Gasteiger partial charge in [-0.05, 0) is 37.3 Å². The molecule has 0 N–H and O–H groups in total. The molecule has 2 unspecified atom stereocenters. The van der Waals surface area contributed by atoms with Gasteiger partial charge in [0.25, 0.3) is 0 Å². The number of methoxy groups -OCH3 is 1. The van der Waals surface area contributed by atoms with Gasteiger partial charge in [-0.15, -0.1) is 0 Å². The number of thioether (sulfide) groups is 1. The molecule has 4 rings (SSSR count). The molecule has 0 saturated carbocycles. The molecule has 2 aromatic carbocycles. The molecular formula is C23H27N3O5S2. The van der Waals surface area contributed by atoms with Gasteiger partial charge in [0.2, 0.25) is 10.0 Å². The number of para-hydroxylation sites is 2. The van der Waals surface area contributed by atoms with Gasteiger partial charge in [-0.25, -0.2) is 13.4 Å². The number of ether oxygens (including phenoxy) is 2. The Hall–Kier alpha value is -2.56. The van der Waals surface area contributed by atoms with E-state index in [9.17, 15) is 13.2 Å². The van der Waals surface area contributed by atoms with Crippen molar-refractivity contribution < 1.29 is 22.7 Å². The van der Waals surface area contributed by atoms with E-state index in [0.717, 1.165) is 11.2 Å². The van der Waals surface area contributed by atoms with E-state index < -0.39 is 10.0 Å². The van der Waals surface area contributed by atoms with Crippen molar-refractivity contribution in [3.05, 3.63) is 42.5 Å². The van der Waals surface area contributed by atoms with Gasteiger partial charge in [0.1, 0.15) is 17.1 Å². The number of hydrogen-bond donors (Lipinski definition) is 0. The van der Waals surface area contributed by atoms with E-state index in [0.29, 0.717) is 35.9 Å². The van der Waals surface area contributed by atoms with Crippen LogP contribution < -0.4 is 4.74 Å². The number of benzene rings is 2. The SMILES string of the molecule is CCN(CC)S(=O)(=O)c1ccc2c(c1)nc(SC1CC(C)OC1=O)n2-c1ccccc1OC. The summed E-state index contributed by atoms with van der Waals surface area (Å²) < 4.78 is 40.3. The number of hydrogen-bond acceptors (Lipinski definition) is 7. The van der Waals surface area contributed by atoms with E-state index in [2.05, 4.69) is 0 Å². The van der Waals surface area contributed by atoms with Crippen LogP contribution in [-0.2, 0) is 19.6 Å². The second-order valence-electron chi connectivity index (χ2n) is 7.73. The highest BCUT2D eigenvalue weighted by Crippen LogP contribution is 2.38. The molecule has 10 heteroatoms. The predicted molar refractivity (Wildman–Crippen MR) is 128 cm³/mol. The smallest absolute Gasteiger partial charge is 0.319 e. The molecule has 2 atom stereocenters. The van der Waals surface area contributed by atoms with Crippen LogP contribution in [0.1, 0.15) is 27.2 Å². The van der Waals surface area contributed by atoms with E-state index in [-0.39, 0.29) is 22.2 Å². The number of rotatable bonds is 8. The highest BCUT2D eigenvalue weighted by atomic mass is 32.2. The third kappa shape index (κ3) is 4.34. The lowest BCUT2D eigenvalue weighted by Gasteiger charge is -2.18. The molecule has 3 aromatic rings. The topological polar surface area (TPSA) is 90.7 Å². The maximum absolute atomic E-state index is 13.1. The first-order chi connectivity index (χ1) is 15.8. The Kier molecular flexibility index (Phi) is 6.69. The molecule has 0 amide bonds. The standard InChI is InChI=1S/C23H27N3O5S2/c1-5-25(6-2)33(28,29)16-11-12-18-17(14-16)24-23(32-21-13-15(3)31-22(21)27)26(18)19-9-7-8-10-20(19)30-4/h7-12,14-15,21H,5-6,13H2,1-4H3. The lowest BCUT2D eigenvalue weighted by molar-refractivity contribution is -0.140. The second-order valence-corrected chi connectivity index (χ2v) is 10.8. The zero-order valence-corrected chi connectivity index (χ0v) is 20.6. The third-order valence-electron chi connectivity index (χ3n) is 5.64. The van der Waals surface area contributed by atoms with Gasteiger partial charge in [-0.1, -0.05) is 37.7 Å². The van der Waals surface area contributed by atoms with Gasteiger partial charge >= 0.3 is 5.97 Å². The van der Waals surface area contributed by atoms with Crippen LogP contribution in [0.2, 0.25) is 0 Å². The summed E-state index contributed by atoms with van der Waals surface area (Å²) in [7, 11) is -2.04. The molecule has 1 fully saturated rings. The minimum atomic E-state index is -3.63. The van der Waals surface area contributed by atoms with Crippen LogP contribution in [0.5, 0.6) is 5.75 Å². The van der Waals surface area contributed by atoms with E-state index in [1.807, 2.05) is 49.6 Å². The first-order valence-corrected chi connectivity index (χ1v) is 13.1. The first-order valence-electron chi connectivity index (χ1n) is 10.8. The molecule has 1 aromatic heterocycles. The van der Waals surface area contributed by atoms with E-state index >= 15 is 0 Å². The number of carbonyl (C=O) groups is 1. The third-order valence-corrected chi connectivity index (χ3v) is 8.84. The van der Waals surface area contributed by atoms with Crippen LogP contribution >= 0.6 is 11.8 Å². The largest absolute Gasteiger partial charge is 0.495 e. The lowest BCUT2D eigenvalue weighted by atomic mass is 10.2. The Labute approximate surface area is 197 Å². The molecule has 2 heterocycles. The molecule has 0 bridgehead atoms. The van der Waals surface area contributed by atoms with E-state index in [1.165, 1.54) is 16.1 Å². The Balaban J connectivity index is 1.88. The minimum absolute atomic E-state index is 0.148. The molecule has 1 saturated heterocycles. The van der Waals surface area contributed by atoms with Crippen molar-refractivity contribution in [2.75, 3.05) is 20.2 Å². The molecule has 0 aliphatic carbocycles. The summed E-state index contributed by atoms with van der Waals surface area (Å²) >= 11 is 1.32. The van der Waals surface area contributed by atoms with Gasteiger partial charge in [-0.2, -0.15) is 4.31 Å². The molecule has 0 radical (unpaired) electrons. The van der Waals surface area contributed by atoms with Crippen molar-refractivity contribution in [2.45, 2.75) is 48.6 Å². The Morgan fingerprint density at radius 1 is 1.21 bits per heavy atom. The average Bonchev–Trinajstić information content (AvgIpc) is 3.31.